The average molecular weight is 154 g/mol. The molecule has 64 valence electrons. The number of rotatable bonds is 2. The quantitative estimate of drug-likeness (QED) is 0.606. The fraction of sp³-hybridized carbons (Fsp3) is 0.800. The zero-order valence-electron chi connectivity index (χ0n) is 7.56. The first-order valence-corrected chi connectivity index (χ1v) is 4.43. The van der Waals surface area contributed by atoms with Crippen LogP contribution in [0.15, 0.2) is 11.6 Å². The van der Waals surface area contributed by atoms with Gasteiger partial charge in [0.1, 0.15) is 0 Å². The molecule has 1 heteroatoms. The third kappa shape index (κ3) is 2.66. The van der Waals surface area contributed by atoms with Gasteiger partial charge in [0.2, 0.25) is 0 Å². The molecular formula is C10H18O. The second-order valence-corrected chi connectivity index (χ2v) is 4.20. The smallest absolute Gasteiger partial charge is 0.0468 e. The summed E-state index contributed by atoms with van der Waals surface area (Å²) in [5, 5.41) is 8.71. The largest absolute Gasteiger partial charge is 0.396 e. The van der Waals surface area contributed by atoms with Gasteiger partial charge in [0, 0.05) is 6.61 Å². The SMILES string of the molecule is CC1(C)CC=C(CCO)CC1. The highest BCUT2D eigenvalue weighted by atomic mass is 16.2. The Labute approximate surface area is 69.1 Å². The molecule has 0 saturated heterocycles. The molecule has 11 heavy (non-hydrogen) atoms. The average Bonchev–Trinajstić information content (AvgIpc) is 1.94. The fourth-order valence-corrected chi connectivity index (χ4v) is 1.49. The Morgan fingerprint density at radius 1 is 1.55 bits per heavy atom. The van der Waals surface area contributed by atoms with E-state index in [-0.39, 0.29) is 0 Å². The van der Waals surface area contributed by atoms with Crippen molar-refractivity contribution in [2.75, 3.05) is 6.61 Å². The van der Waals surface area contributed by atoms with Gasteiger partial charge >= 0.3 is 0 Å². The molecule has 0 aromatic carbocycles. The number of allylic oxidation sites excluding steroid dienone is 1. The lowest BCUT2D eigenvalue weighted by Crippen LogP contribution is -2.14. The summed E-state index contributed by atoms with van der Waals surface area (Å²) in [6.45, 7) is 4.92. The summed E-state index contributed by atoms with van der Waals surface area (Å²) in [6.07, 6.45) is 6.84. The maximum Gasteiger partial charge on any atom is 0.0468 e. The summed E-state index contributed by atoms with van der Waals surface area (Å²) >= 11 is 0. The van der Waals surface area contributed by atoms with Crippen LogP contribution in [0.2, 0.25) is 0 Å². The maximum atomic E-state index is 8.71. The topological polar surface area (TPSA) is 20.2 Å². The van der Waals surface area contributed by atoms with Gasteiger partial charge in [-0.25, -0.2) is 0 Å². The van der Waals surface area contributed by atoms with Gasteiger partial charge in [0.15, 0.2) is 0 Å². The molecule has 0 amide bonds. The van der Waals surface area contributed by atoms with E-state index >= 15 is 0 Å². The van der Waals surface area contributed by atoms with Crippen molar-refractivity contribution in [2.24, 2.45) is 5.41 Å². The molecular weight excluding hydrogens is 136 g/mol. The van der Waals surface area contributed by atoms with Crippen LogP contribution in [0.5, 0.6) is 0 Å². The fourth-order valence-electron chi connectivity index (χ4n) is 1.49. The third-order valence-electron chi connectivity index (χ3n) is 2.50. The molecule has 0 aromatic heterocycles. The van der Waals surface area contributed by atoms with E-state index in [4.69, 9.17) is 5.11 Å². The lowest BCUT2D eigenvalue weighted by Gasteiger charge is -2.28. The molecule has 0 heterocycles. The highest BCUT2D eigenvalue weighted by Crippen LogP contribution is 2.34. The van der Waals surface area contributed by atoms with Crippen LogP contribution in [0, 0.1) is 5.41 Å². The van der Waals surface area contributed by atoms with Crippen LogP contribution < -0.4 is 0 Å². The van der Waals surface area contributed by atoms with Gasteiger partial charge in [-0.05, 0) is 31.1 Å². The minimum Gasteiger partial charge on any atom is -0.396 e. The molecule has 0 radical (unpaired) electrons. The van der Waals surface area contributed by atoms with Crippen molar-refractivity contribution in [3.8, 4) is 0 Å². The number of aliphatic hydroxyl groups excluding tert-OH is 1. The Kier molecular flexibility index (Phi) is 2.72. The summed E-state index contributed by atoms with van der Waals surface area (Å²) in [5.74, 6) is 0. The molecule has 1 N–H and O–H groups in total. The van der Waals surface area contributed by atoms with E-state index in [0.29, 0.717) is 12.0 Å². The Balaban J connectivity index is 2.44. The van der Waals surface area contributed by atoms with Crippen LogP contribution >= 0.6 is 0 Å². The van der Waals surface area contributed by atoms with Gasteiger partial charge < -0.3 is 5.11 Å². The van der Waals surface area contributed by atoms with E-state index in [1.165, 1.54) is 24.8 Å². The van der Waals surface area contributed by atoms with E-state index in [0.717, 1.165) is 6.42 Å². The summed E-state index contributed by atoms with van der Waals surface area (Å²) in [4.78, 5) is 0. The van der Waals surface area contributed by atoms with E-state index in [1.807, 2.05) is 0 Å². The Bertz CT molecular complexity index is 156. The van der Waals surface area contributed by atoms with Crippen molar-refractivity contribution in [1.29, 1.82) is 0 Å². The first-order valence-electron chi connectivity index (χ1n) is 4.43. The number of hydrogen-bond acceptors (Lipinski definition) is 1. The second kappa shape index (κ2) is 3.40. The normalized spacial score (nSPS) is 23.0. The molecule has 0 unspecified atom stereocenters. The minimum atomic E-state index is 0.312. The molecule has 0 aromatic rings. The van der Waals surface area contributed by atoms with Gasteiger partial charge in [-0.3, -0.25) is 0 Å². The van der Waals surface area contributed by atoms with Gasteiger partial charge in [0.05, 0.1) is 0 Å². The zero-order valence-corrected chi connectivity index (χ0v) is 7.56. The van der Waals surface area contributed by atoms with Crippen LogP contribution in [0.4, 0.5) is 0 Å². The highest BCUT2D eigenvalue weighted by Gasteiger charge is 2.20. The molecule has 0 atom stereocenters. The van der Waals surface area contributed by atoms with Crippen molar-refractivity contribution < 1.29 is 5.11 Å². The predicted molar refractivity (Wildman–Crippen MR) is 47.4 cm³/mol. The van der Waals surface area contributed by atoms with Gasteiger partial charge in [-0.2, -0.15) is 0 Å². The van der Waals surface area contributed by atoms with E-state index in [2.05, 4.69) is 19.9 Å². The standard InChI is InChI=1S/C10H18O/c1-10(2)6-3-9(4-7-10)5-8-11/h3,11H,4-8H2,1-2H3. The van der Waals surface area contributed by atoms with E-state index in [1.54, 1.807) is 0 Å². The second-order valence-electron chi connectivity index (χ2n) is 4.20. The summed E-state index contributed by atoms with van der Waals surface area (Å²) in [7, 11) is 0. The number of aliphatic hydroxyl groups is 1. The molecule has 1 aliphatic rings. The molecule has 1 aliphatic carbocycles. The van der Waals surface area contributed by atoms with Gasteiger partial charge in [-0.15, -0.1) is 0 Å². The molecule has 1 nitrogen and oxygen atoms in total. The predicted octanol–water partition coefficient (Wildman–Crippen LogP) is 2.51. The molecule has 0 bridgehead atoms. The van der Waals surface area contributed by atoms with Crippen molar-refractivity contribution >= 4 is 0 Å². The molecule has 1 rings (SSSR count). The first kappa shape index (κ1) is 8.79. The van der Waals surface area contributed by atoms with Crippen LogP contribution in [-0.2, 0) is 0 Å². The molecule has 0 spiro atoms. The monoisotopic (exact) mass is 154 g/mol. The summed E-state index contributed by atoms with van der Waals surface area (Å²) in [6, 6.07) is 0. The Morgan fingerprint density at radius 2 is 2.27 bits per heavy atom. The van der Waals surface area contributed by atoms with E-state index < -0.39 is 0 Å². The Morgan fingerprint density at radius 3 is 2.73 bits per heavy atom. The summed E-state index contributed by atoms with van der Waals surface area (Å²) in [5.41, 5.74) is 1.95. The molecule has 0 fully saturated rings. The van der Waals surface area contributed by atoms with Crippen molar-refractivity contribution in [3.63, 3.8) is 0 Å². The summed E-state index contributed by atoms with van der Waals surface area (Å²) < 4.78 is 0. The van der Waals surface area contributed by atoms with Crippen molar-refractivity contribution in [1.82, 2.24) is 0 Å². The van der Waals surface area contributed by atoms with Crippen molar-refractivity contribution in [2.45, 2.75) is 39.5 Å². The van der Waals surface area contributed by atoms with Crippen LogP contribution in [0.1, 0.15) is 39.5 Å². The lowest BCUT2D eigenvalue weighted by atomic mass is 9.78. The molecule has 0 aliphatic heterocycles. The first-order chi connectivity index (χ1) is 5.14. The van der Waals surface area contributed by atoms with Crippen molar-refractivity contribution in [3.05, 3.63) is 11.6 Å². The highest BCUT2D eigenvalue weighted by molar-refractivity contribution is 5.08. The lowest BCUT2D eigenvalue weighted by molar-refractivity contribution is 0.283. The third-order valence-corrected chi connectivity index (χ3v) is 2.50. The van der Waals surface area contributed by atoms with Crippen LogP contribution in [0.25, 0.3) is 0 Å². The zero-order chi connectivity index (χ0) is 8.32. The maximum absolute atomic E-state index is 8.71. The van der Waals surface area contributed by atoms with Crippen LogP contribution in [0.3, 0.4) is 0 Å². The molecule has 0 saturated carbocycles. The van der Waals surface area contributed by atoms with Crippen LogP contribution in [-0.4, -0.2) is 11.7 Å². The Hall–Kier alpha value is -0.300. The number of hydrogen-bond donors (Lipinski definition) is 1. The minimum absolute atomic E-state index is 0.312. The van der Waals surface area contributed by atoms with Gasteiger partial charge in [0.25, 0.3) is 0 Å². The van der Waals surface area contributed by atoms with E-state index in [9.17, 15) is 0 Å². The van der Waals surface area contributed by atoms with Gasteiger partial charge in [-0.1, -0.05) is 25.5 Å².